The second kappa shape index (κ2) is 5.16. The number of hydrogen-bond donors (Lipinski definition) is 2. The zero-order valence-electron chi connectivity index (χ0n) is 8.84. The Morgan fingerprint density at radius 2 is 1.94 bits per heavy atom. The van der Waals surface area contributed by atoms with Crippen molar-refractivity contribution in [2.24, 2.45) is 0 Å². The number of benzene rings is 1. The molecule has 1 unspecified atom stereocenters. The lowest BCUT2D eigenvalue weighted by Crippen LogP contribution is -2.23. The SMILES string of the molecule is CCOC(=O)C(C(=O)O)c1ccc(N)cc1. The van der Waals surface area contributed by atoms with E-state index in [4.69, 9.17) is 15.6 Å². The molecule has 0 fully saturated rings. The average molecular weight is 223 g/mol. The van der Waals surface area contributed by atoms with Gasteiger partial charge >= 0.3 is 11.9 Å². The molecule has 1 atom stereocenters. The van der Waals surface area contributed by atoms with Crippen LogP contribution in [0, 0.1) is 0 Å². The zero-order valence-corrected chi connectivity index (χ0v) is 8.84. The van der Waals surface area contributed by atoms with E-state index in [0.29, 0.717) is 11.3 Å². The Morgan fingerprint density at radius 1 is 1.38 bits per heavy atom. The van der Waals surface area contributed by atoms with Gasteiger partial charge in [0, 0.05) is 5.69 Å². The summed E-state index contributed by atoms with van der Waals surface area (Å²) < 4.78 is 4.70. The summed E-state index contributed by atoms with van der Waals surface area (Å²) >= 11 is 0. The highest BCUT2D eigenvalue weighted by Gasteiger charge is 2.29. The molecule has 0 heterocycles. The average Bonchev–Trinajstić information content (AvgIpc) is 2.21. The minimum atomic E-state index is -1.29. The number of aliphatic carboxylic acids is 1. The van der Waals surface area contributed by atoms with E-state index in [1.54, 1.807) is 19.1 Å². The number of nitrogen functional groups attached to an aromatic ring is 1. The molecule has 1 aromatic rings. The van der Waals surface area contributed by atoms with Crippen LogP contribution < -0.4 is 5.73 Å². The van der Waals surface area contributed by atoms with Crippen LogP contribution >= 0.6 is 0 Å². The molecule has 0 amide bonds. The first-order valence-electron chi connectivity index (χ1n) is 4.81. The van der Waals surface area contributed by atoms with Crippen molar-refractivity contribution in [3.8, 4) is 0 Å². The number of carbonyl (C=O) groups excluding carboxylic acids is 1. The molecule has 5 nitrogen and oxygen atoms in total. The molecular weight excluding hydrogens is 210 g/mol. The summed E-state index contributed by atoms with van der Waals surface area (Å²) in [5, 5.41) is 8.96. The quantitative estimate of drug-likeness (QED) is 0.451. The summed E-state index contributed by atoms with van der Waals surface area (Å²) in [6.45, 7) is 1.78. The van der Waals surface area contributed by atoms with E-state index < -0.39 is 17.9 Å². The molecule has 0 aromatic heterocycles. The van der Waals surface area contributed by atoms with Gasteiger partial charge in [-0.05, 0) is 24.6 Å². The van der Waals surface area contributed by atoms with Gasteiger partial charge in [-0.15, -0.1) is 0 Å². The van der Waals surface area contributed by atoms with E-state index in [-0.39, 0.29) is 6.61 Å². The molecule has 16 heavy (non-hydrogen) atoms. The van der Waals surface area contributed by atoms with Crippen molar-refractivity contribution < 1.29 is 19.4 Å². The summed E-state index contributed by atoms with van der Waals surface area (Å²) in [6.07, 6.45) is 0. The van der Waals surface area contributed by atoms with Gasteiger partial charge in [0.05, 0.1) is 6.61 Å². The van der Waals surface area contributed by atoms with Crippen LogP contribution in [-0.4, -0.2) is 23.7 Å². The lowest BCUT2D eigenvalue weighted by Gasteiger charge is -2.11. The van der Waals surface area contributed by atoms with Crippen molar-refractivity contribution in [1.82, 2.24) is 0 Å². The van der Waals surface area contributed by atoms with Crippen LogP contribution in [0.1, 0.15) is 18.4 Å². The van der Waals surface area contributed by atoms with Crippen LogP contribution in [0.15, 0.2) is 24.3 Å². The van der Waals surface area contributed by atoms with Crippen molar-refractivity contribution in [2.75, 3.05) is 12.3 Å². The predicted molar refractivity (Wildman–Crippen MR) is 57.9 cm³/mol. The summed E-state index contributed by atoms with van der Waals surface area (Å²) in [7, 11) is 0. The van der Waals surface area contributed by atoms with Crippen molar-refractivity contribution in [1.29, 1.82) is 0 Å². The molecule has 0 aliphatic carbocycles. The number of rotatable bonds is 4. The number of carboxylic acids is 1. The third-order valence-electron chi connectivity index (χ3n) is 2.04. The van der Waals surface area contributed by atoms with Gasteiger partial charge in [-0.25, -0.2) is 0 Å². The smallest absolute Gasteiger partial charge is 0.324 e. The third kappa shape index (κ3) is 2.73. The Balaban J connectivity index is 2.98. The van der Waals surface area contributed by atoms with Crippen molar-refractivity contribution >= 4 is 17.6 Å². The molecule has 86 valence electrons. The number of carbonyl (C=O) groups is 2. The standard InChI is InChI=1S/C11H13NO4/c1-2-16-11(15)9(10(13)14)7-3-5-8(12)6-4-7/h3-6,9H,2,12H2,1H3,(H,13,14). The Bertz CT molecular complexity index is 385. The molecule has 1 aromatic carbocycles. The molecule has 1 rings (SSSR count). The third-order valence-corrected chi connectivity index (χ3v) is 2.04. The molecule has 0 saturated heterocycles. The van der Waals surface area contributed by atoms with Crippen molar-refractivity contribution in [3.05, 3.63) is 29.8 Å². The molecule has 0 bridgehead atoms. The van der Waals surface area contributed by atoms with Gasteiger partial charge in [0.25, 0.3) is 0 Å². The van der Waals surface area contributed by atoms with Gasteiger partial charge in [0.1, 0.15) is 0 Å². The maximum atomic E-state index is 11.4. The minimum absolute atomic E-state index is 0.150. The van der Waals surface area contributed by atoms with Crippen molar-refractivity contribution in [3.63, 3.8) is 0 Å². The first kappa shape index (κ1) is 12.0. The largest absolute Gasteiger partial charge is 0.480 e. The van der Waals surface area contributed by atoms with Crippen LogP contribution in [0.5, 0.6) is 0 Å². The van der Waals surface area contributed by atoms with Crippen LogP contribution in [0.2, 0.25) is 0 Å². The molecule has 0 saturated carbocycles. The highest BCUT2D eigenvalue weighted by atomic mass is 16.5. The molecule has 5 heteroatoms. The van der Waals surface area contributed by atoms with Crippen LogP contribution in [0.4, 0.5) is 5.69 Å². The summed E-state index contributed by atoms with van der Waals surface area (Å²) in [5.41, 5.74) is 6.35. The monoisotopic (exact) mass is 223 g/mol. The summed E-state index contributed by atoms with van der Waals surface area (Å²) in [4.78, 5) is 22.4. The lowest BCUT2D eigenvalue weighted by atomic mass is 9.99. The van der Waals surface area contributed by atoms with Gasteiger partial charge < -0.3 is 15.6 Å². The van der Waals surface area contributed by atoms with E-state index in [0.717, 1.165) is 0 Å². The van der Waals surface area contributed by atoms with Crippen LogP contribution in [-0.2, 0) is 14.3 Å². The van der Waals surface area contributed by atoms with Gasteiger partial charge in [-0.1, -0.05) is 12.1 Å². The van der Waals surface area contributed by atoms with E-state index in [1.807, 2.05) is 0 Å². The topological polar surface area (TPSA) is 89.6 Å². The maximum Gasteiger partial charge on any atom is 0.324 e. The van der Waals surface area contributed by atoms with Gasteiger partial charge in [-0.3, -0.25) is 9.59 Å². The normalized spacial score (nSPS) is 11.8. The van der Waals surface area contributed by atoms with E-state index in [2.05, 4.69) is 0 Å². The van der Waals surface area contributed by atoms with E-state index >= 15 is 0 Å². The Morgan fingerprint density at radius 3 is 2.38 bits per heavy atom. The Kier molecular flexibility index (Phi) is 3.88. The number of nitrogens with two attached hydrogens (primary N) is 1. The van der Waals surface area contributed by atoms with E-state index in [1.165, 1.54) is 12.1 Å². The number of hydrogen-bond acceptors (Lipinski definition) is 4. The molecule has 0 aliphatic heterocycles. The fourth-order valence-electron chi connectivity index (χ4n) is 1.29. The molecule has 3 N–H and O–H groups in total. The molecular formula is C11H13NO4. The summed E-state index contributed by atoms with van der Waals surface area (Å²) in [5.74, 6) is -3.29. The van der Waals surface area contributed by atoms with Crippen LogP contribution in [0.25, 0.3) is 0 Å². The highest BCUT2D eigenvalue weighted by Crippen LogP contribution is 2.19. The molecule has 0 aliphatic rings. The first-order valence-corrected chi connectivity index (χ1v) is 4.81. The van der Waals surface area contributed by atoms with Gasteiger partial charge in [-0.2, -0.15) is 0 Å². The Labute approximate surface area is 92.8 Å². The zero-order chi connectivity index (χ0) is 12.1. The second-order valence-electron chi connectivity index (χ2n) is 3.19. The maximum absolute atomic E-state index is 11.4. The number of anilines is 1. The highest BCUT2D eigenvalue weighted by molar-refractivity contribution is 5.99. The molecule has 0 spiro atoms. The van der Waals surface area contributed by atoms with Gasteiger partial charge in [0.15, 0.2) is 5.92 Å². The first-order chi connectivity index (χ1) is 7.56. The predicted octanol–water partition coefficient (Wildman–Crippen LogP) is 1.00. The lowest BCUT2D eigenvalue weighted by molar-refractivity contribution is -0.153. The second-order valence-corrected chi connectivity index (χ2v) is 3.19. The van der Waals surface area contributed by atoms with Gasteiger partial charge in [0.2, 0.25) is 0 Å². The number of ether oxygens (including phenoxy) is 1. The fraction of sp³-hybridized carbons (Fsp3) is 0.273. The van der Waals surface area contributed by atoms with Crippen molar-refractivity contribution in [2.45, 2.75) is 12.8 Å². The Hall–Kier alpha value is -2.04. The van der Waals surface area contributed by atoms with E-state index in [9.17, 15) is 9.59 Å². The minimum Gasteiger partial charge on any atom is -0.480 e. The fourth-order valence-corrected chi connectivity index (χ4v) is 1.29. The number of carboxylic acid groups (broad SMARTS) is 1. The van der Waals surface area contributed by atoms with Crippen LogP contribution in [0.3, 0.4) is 0 Å². The summed E-state index contributed by atoms with van der Waals surface area (Å²) in [6, 6.07) is 6.10. The molecule has 0 radical (unpaired) electrons. The number of esters is 1.